The van der Waals surface area contributed by atoms with E-state index in [1.165, 1.54) is 17.1 Å². The van der Waals surface area contributed by atoms with Crippen LogP contribution in [0.4, 0.5) is 5.82 Å². The standard InChI is InChI=1S/C22H28N4O3S/c27-22(24-17-18-11-12-21(23-16-18)25-13-6-7-14-25)20-10-4-5-15-26(20)30(28,29)19-8-2-1-3-9-19/h1-3,8-9,11-12,16,20H,4-7,10,13-15,17H2,(H,24,27). The molecule has 2 aliphatic rings. The van der Waals surface area contributed by atoms with Crippen molar-refractivity contribution >= 4 is 21.7 Å². The molecule has 8 heteroatoms. The van der Waals surface area contributed by atoms with Crippen LogP contribution in [0, 0.1) is 0 Å². The van der Waals surface area contributed by atoms with Gasteiger partial charge in [-0.3, -0.25) is 4.79 Å². The molecule has 2 saturated heterocycles. The highest BCUT2D eigenvalue weighted by atomic mass is 32.2. The zero-order chi connectivity index (χ0) is 21.0. The minimum absolute atomic E-state index is 0.228. The van der Waals surface area contributed by atoms with Gasteiger partial charge in [0.15, 0.2) is 0 Å². The number of aromatic nitrogens is 1. The van der Waals surface area contributed by atoms with Crippen LogP contribution in [0.2, 0.25) is 0 Å². The van der Waals surface area contributed by atoms with Gasteiger partial charge in [-0.2, -0.15) is 4.31 Å². The van der Waals surface area contributed by atoms with Crippen molar-refractivity contribution < 1.29 is 13.2 Å². The summed E-state index contributed by atoms with van der Waals surface area (Å²) < 4.78 is 27.5. The summed E-state index contributed by atoms with van der Waals surface area (Å²) in [6.45, 7) is 2.77. The fourth-order valence-electron chi connectivity index (χ4n) is 4.14. The molecule has 0 radical (unpaired) electrons. The molecule has 0 bridgehead atoms. The number of benzene rings is 1. The van der Waals surface area contributed by atoms with Crippen LogP contribution in [0.1, 0.15) is 37.7 Å². The van der Waals surface area contributed by atoms with Crippen molar-refractivity contribution in [2.75, 3.05) is 24.5 Å². The molecule has 30 heavy (non-hydrogen) atoms. The topological polar surface area (TPSA) is 82.6 Å². The number of pyridine rings is 1. The first kappa shape index (κ1) is 20.8. The van der Waals surface area contributed by atoms with Crippen LogP contribution in [-0.2, 0) is 21.4 Å². The fourth-order valence-corrected chi connectivity index (χ4v) is 5.82. The molecule has 4 rings (SSSR count). The summed E-state index contributed by atoms with van der Waals surface area (Å²) in [5.41, 5.74) is 0.902. The monoisotopic (exact) mass is 428 g/mol. The largest absolute Gasteiger partial charge is 0.357 e. The zero-order valence-electron chi connectivity index (χ0n) is 17.0. The van der Waals surface area contributed by atoms with Gasteiger partial charge in [-0.15, -0.1) is 0 Å². The van der Waals surface area contributed by atoms with Crippen LogP contribution >= 0.6 is 0 Å². The maximum absolute atomic E-state index is 13.1. The van der Waals surface area contributed by atoms with Crippen molar-refractivity contribution in [3.63, 3.8) is 0 Å². The maximum atomic E-state index is 13.1. The minimum Gasteiger partial charge on any atom is -0.357 e. The third-order valence-electron chi connectivity index (χ3n) is 5.81. The maximum Gasteiger partial charge on any atom is 0.243 e. The number of nitrogens with one attached hydrogen (secondary N) is 1. The van der Waals surface area contributed by atoms with E-state index < -0.39 is 16.1 Å². The molecular formula is C22H28N4O3S. The molecular weight excluding hydrogens is 400 g/mol. The average Bonchev–Trinajstić information content (AvgIpc) is 3.33. The van der Waals surface area contributed by atoms with Gasteiger partial charge in [-0.1, -0.05) is 30.7 Å². The number of carbonyl (C=O) groups is 1. The zero-order valence-corrected chi connectivity index (χ0v) is 17.9. The number of anilines is 1. The number of hydrogen-bond donors (Lipinski definition) is 1. The van der Waals surface area contributed by atoms with E-state index in [2.05, 4.69) is 15.2 Å². The Morgan fingerprint density at radius 1 is 1.00 bits per heavy atom. The molecule has 0 saturated carbocycles. The third kappa shape index (κ3) is 4.49. The van der Waals surface area contributed by atoms with E-state index in [9.17, 15) is 13.2 Å². The van der Waals surface area contributed by atoms with Gasteiger partial charge in [0, 0.05) is 32.4 Å². The van der Waals surface area contributed by atoms with Crippen molar-refractivity contribution in [2.24, 2.45) is 0 Å². The molecule has 2 fully saturated rings. The van der Waals surface area contributed by atoms with E-state index in [0.29, 0.717) is 19.5 Å². The number of amides is 1. The van der Waals surface area contributed by atoms with Crippen LogP contribution in [0.3, 0.4) is 0 Å². The number of hydrogen-bond acceptors (Lipinski definition) is 5. The first-order chi connectivity index (χ1) is 14.6. The first-order valence-electron chi connectivity index (χ1n) is 10.6. The number of sulfonamides is 1. The number of piperidine rings is 1. The Labute approximate surface area is 178 Å². The molecule has 1 unspecified atom stereocenters. The van der Waals surface area contributed by atoms with Crippen molar-refractivity contribution in [3.05, 3.63) is 54.2 Å². The molecule has 3 heterocycles. The highest BCUT2D eigenvalue weighted by molar-refractivity contribution is 7.89. The van der Waals surface area contributed by atoms with Crippen LogP contribution in [0.25, 0.3) is 0 Å². The van der Waals surface area contributed by atoms with E-state index in [-0.39, 0.29) is 10.8 Å². The second-order valence-electron chi connectivity index (χ2n) is 7.88. The predicted octanol–water partition coefficient (Wildman–Crippen LogP) is 2.54. The van der Waals surface area contributed by atoms with Gasteiger partial charge in [0.2, 0.25) is 15.9 Å². The lowest BCUT2D eigenvalue weighted by Gasteiger charge is -2.33. The van der Waals surface area contributed by atoms with Crippen molar-refractivity contribution in [2.45, 2.75) is 49.6 Å². The second kappa shape index (κ2) is 9.14. The lowest BCUT2D eigenvalue weighted by Crippen LogP contribution is -2.51. The molecule has 7 nitrogen and oxygen atoms in total. The molecule has 2 aromatic rings. The number of rotatable bonds is 6. The van der Waals surface area contributed by atoms with E-state index in [0.717, 1.165) is 37.3 Å². The smallest absolute Gasteiger partial charge is 0.243 e. The van der Waals surface area contributed by atoms with E-state index in [1.54, 1.807) is 36.5 Å². The van der Waals surface area contributed by atoms with Crippen LogP contribution < -0.4 is 10.2 Å². The minimum atomic E-state index is -3.70. The second-order valence-corrected chi connectivity index (χ2v) is 9.77. The van der Waals surface area contributed by atoms with E-state index in [4.69, 9.17) is 0 Å². The third-order valence-corrected chi connectivity index (χ3v) is 7.73. The highest BCUT2D eigenvalue weighted by Gasteiger charge is 2.37. The quantitative estimate of drug-likeness (QED) is 0.765. The van der Waals surface area contributed by atoms with Crippen LogP contribution in [0.15, 0.2) is 53.6 Å². The van der Waals surface area contributed by atoms with Gasteiger partial charge < -0.3 is 10.2 Å². The van der Waals surface area contributed by atoms with Gasteiger partial charge in [-0.05, 0) is 49.4 Å². The van der Waals surface area contributed by atoms with E-state index in [1.807, 2.05) is 12.1 Å². The molecule has 1 N–H and O–H groups in total. The van der Waals surface area contributed by atoms with Crippen molar-refractivity contribution in [1.29, 1.82) is 0 Å². The van der Waals surface area contributed by atoms with Crippen LogP contribution in [0.5, 0.6) is 0 Å². The summed E-state index contributed by atoms with van der Waals surface area (Å²) in [7, 11) is -3.70. The summed E-state index contributed by atoms with van der Waals surface area (Å²) >= 11 is 0. The number of carbonyl (C=O) groups excluding carboxylic acids is 1. The Kier molecular flexibility index (Phi) is 6.34. The Balaban J connectivity index is 1.41. The molecule has 0 aliphatic carbocycles. The summed E-state index contributed by atoms with van der Waals surface area (Å²) in [5.74, 6) is 0.716. The van der Waals surface area contributed by atoms with Crippen LogP contribution in [-0.4, -0.2) is 49.3 Å². The Morgan fingerprint density at radius 3 is 2.43 bits per heavy atom. The molecule has 1 atom stereocenters. The fraction of sp³-hybridized carbons (Fsp3) is 0.455. The lowest BCUT2D eigenvalue weighted by molar-refractivity contribution is -0.125. The number of nitrogens with zero attached hydrogens (tertiary/aromatic N) is 3. The van der Waals surface area contributed by atoms with E-state index >= 15 is 0 Å². The Hall–Kier alpha value is -2.45. The summed E-state index contributed by atoms with van der Waals surface area (Å²) in [6, 6.07) is 11.6. The van der Waals surface area contributed by atoms with Gasteiger partial charge in [0.25, 0.3) is 0 Å². The van der Waals surface area contributed by atoms with Gasteiger partial charge in [0.05, 0.1) is 4.90 Å². The Bertz CT molecular complexity index is 958. The molecule has 0 spiro atoms. The highest BCUT2D eigenvalue weighted by Crippen LogP contribution is 2.25. The molecule has 2 aliphatic heterocycles. The van der Waals surface area contributed by atoms with Crippen molar-refractivity contribution in [3.8, 4) is 0 Å². The molecule has 1 amide bonds. The predicted molar refractivity (Wildman–Crippen MR) is 116 cm³/mol. The molecule has 1 aromatic heterocycles. The van der Waals surface area contributed by atoms with Crippen molar-refractivity contribution in [1.82, 2.24) is 14.6 Å². The summed E-state index contributed by atoms with van der Waals surface area (Å²) in [6.07, 6.45) is 6.31. The molecule has 1 aromatic carbocycles. The average molecular weight is 429 g/mol. The lowest BCUT2D eigenvalue weighted by atomic mass is 10.0. The molecule has 160 valence electrons. The van der Waals surface area contributed by atoms with Gasteiger partial charge in [-0.25, -0.2) is 13.4 Å². The van der Waals surface area contributed by atoms with Gasteiger partial charge >= 0.3 is 0 Å². The normalized spacial score (nSPS) is 20.3. The summed E-state index contributed by atoms with van der Waals surface area (Å²) in [4.78, 5) is 19.9. The van der Waals surface area contributed by atoms with Gasteiger partial charge in [0.1, 0.15) is 11.9 Å². The Morgan fingerprint density at radius 2 is 1.73 bits per heavy atom. The SMILES string of the molecule is O=C(NCc1ccc(N2CCCC2)nc1)C1CCCCN1S(=O)(=O)c1ccccc1. The first-order valence-corrected chi connectivity index (χ1v) is 12.0. The summed E-state index contributed by atoms with van der Waals surface area (Å²) in [5, 5.41) is 2.91.